The lowest BCUT2D eigenvalue weighted by molar-refractivity contribution is 0.354. The molecule has 0 radical (unpaired) electrons. The average molecular weight is 495 g/mol. The molecular weight excluding hydrogens is 465 g/mol. The van der Waals surface area contributed by atoms with Gasteiger partial charge in [0.15, 0.2) is 17.5 Å². The third kappa shape index (κ3) is 5.53. The molecule has 28 heavy (non-hydrogen) atoms. The molecule has 3 rings (SSSR count). The van der Waals surface area contributed by atoms with Crippen molar-refractivity contribution in [3.05, 3.63) is 59.7 Å². The van der Waals surface area contributed by atoms with Gasteiger partial charge in [-0.15, -0.1) is 24.0 Å². The molecule has 0 heterocycles. The maximum Gasteiger partial charge on any atom is 0.193 e. The predicted molar refractivity (Wildman–Crippen MR) is 125 cm³/mol. The summed E-state index contributed by atoms with van der Waals surface area (Å²) in [6, 6.07) is 17.2. The summed E-state index contributed by atoms with van der Waals surface area (Å²) in [5, 5.41) is 3.60. The van der Waals surface area contributed by atoms with E-state index in [1.807, 2.05) is 19.2 Å². The smallest absolute Gasteiger partial charge is 0.193 e. The number of hydrogen-bond acceptors (Lipinski definition) is 3. The van der Waals surface area contributed by atoms with Crippen molar-refractivity contribution in [2.24, 2.45) is 4.99 Å². The van der Waals surface area contributed by atoms with E-state index in [9.17, 15) is 0 Å². The average Bonchev–Trinajstić information content (AvgIpc) is 3.49. The van der Waals surface area contributed by atoms with Gasteiger partial charge in [-0.2, -0.15) is 0 Å². The fraction of sp³-hybridized carbons (Fsp3) is 0.409. The van der Waals surface area contributed by atoms with E-state index in [-0.39, 0.29) is 24.0 Å². The zero-order valence-corrected chi connectivity index (χ0v) is 19.3. The van der Waals surface area contributed by atoms with Crippen LogP contribution in [0.1, 0.15) is 23.5 Å². The van der Waals surface area contributed by atoms with Crippen LogP contribution in [0, 0.1) is 0 Å². The van der Waals surface area contributed by atoms with E-state index < -0.39 is 0 Å². The van der Waals surface area contributed by atoms with Crippen LogP contribution in [0.15, 0.2) is 53.5 Å². The summed E-state index contributed by atoms with van der Waals surface area (Å²) in [4.78, 5) is 6.63. The summed E-state index contributed by atoms with van der Waals surface area (Å²) in [7, 11) is 7.24. The van der Waals surface area contributed by atoms with Gasteiger partial charge in [-0.3, -0.25) is 4.99 Å². The molecule has 1 saturated carbocycles. The maximum atomic E-state index is 5.39. The molecule has 1 aliphatic carbocycles. The van der Waals surface area contributed by atoms with Gasteiger partial charge in [-0.1, -0.05) is 36.4 Å². The van der Waals surface area contributed by atoms with E-state index in [0.717, 1.165) is 36.8 Å². The molecular formula is C22H30IN3O2. The molecule has 2 aromatic carbocycles. The van der Waals surface area contributed by atoms with Crippen molar-refractivity contribution in [2.45, 2.75) is 24.8 Å². The second kappa shape index (κ2) is 10.5. The van der Waals surface area contributed by atoms with Crippen LogP contribution in [0.5, 0.6) is 11.5 Å². The highest BCUT2D eigenvalue weighted by atomic mass is 127. The first-order chi connectivity index (χ1) is 13.2. The van der Waals surface area contributed by atoms with Gasteiger partial charge in [-0.25, -0.2) is 0 Å². The monoisotopic (exact) mass is 495 g/mol. The number of hydrogen-bond donors (Lipinski definition) is 1. The Labute approximate surface area is 185 Å². The van der Waals surface area contributed by atoms with Gasteiger partial charge in [0.05, 0.1) is 14.2 Å². The first-order valence-electron chi connectivity index (χ1n) is 9.36. The molecule has 6 heteroatoms. The van der Waals surface area contributed by atoms with Crippen LogP contribution in [0.3, 0.4) is 0 Å². The minimum atomic E-state index is 0. The van der Waals surface area contributed by atoms with Crippen molar-refractivity contribution < 1.29 is 9.47 Å². The molecule has 1 aliphatic rings. The number of rotatable bonds is 7. The van der Waals surface area contributed by atoms with E-state index in [1.54, 1.807) is 14.2 Å². The molecule has 2 aromatic rings. The van der Waals surface area contributed by atoms with Gasteiger partial charge in [0.2, 0.25) is 0 Å². The number of nitrogens with zero attached hydrogens (tertiary/aromatic N) is 2. The Bertz CT molecular complexity index is 783. The van der Waals surface area contributed by atoms with Gasteiger partial charge in [-0.05, 0) is 36.1 Å². The summed E-state index contributed by atoms with van der Waals surface area (Å²) in [6.07, 6.45) is 2.07. The maximum absolute atomic E-state index is 5.39. The summed E-state index contributed by atoms with van der Waals surface area (Å²) in [5.41, 5.74) is 2.61. The minimum Gasteiger partial charge on any atom is -0.493 e. The van der Waals surface area contributed by atoms with E-state index >= 15 is 0 Å². The van der Waals surface area contributed by atoms with Crippen LogP contribution in [0.2, 0.25) is 0 Å². The molecule has 152 valence electrons. The molecule has 0 saturated heterocycles. The zero-order valence-electron chi connectivity index (χ0n) is 17.0. The number of nitrogens with one attached hydrogen (secondary N) is 1. The Morgan fingerprint density at radius 1 is 1.11 bits per heavy atom. The van der Waals surface area contributed by atoms with Crippen LogP contribution in [0.25, 0.3) is 0 Å². The molecule has 5 nitrogen and oxygen atoms in total. The molecule has 0 aliphatic heterocycles. The summed E-state index contributed by atoms with van der Waals surface area (Å²) >= 11 is 0. The van der Waals surface area contributed by atoms with E-state index in [1.165, 1.54) is 11.1 Å². The Kier molecular flexibility index (Phi) is 8.41. The molecule has 0 spiro atoms. The van der Waals surface area contributed by atoms with Crippen molar-refractivity contribution in [1.82, 2.24) is 10.2 Å². The van der Waals surface area contributed by atoms with Crippen molar-refractivity contribution in [3.63, 3.8) is 0 Å². The van der Waals surface area contributed by atoms with Crippen LogP contribution in [-0.2, 0) is 6.42 Å². The Hall–Kier alpha value is -1.96. The Morgan fingerprint density at radius 2 is 1.82 bits per heavy atom. The Morgan fingerprint density at radius 3 is 2.46 bits per heavy atom. The van der Waals surface area contributed by atoms with E-state index in [0.29, 0.717) is 12.0 Å². The highest BCUT2D eigenvalue weighted by molar-refractivity contribution is 14.0. The number of likely N-dealkylation sites (N-methyl/N-ethyl adjacent to an activating group) is 1. The number of ether oxygens (including phenoxy) is 2. The van der Waals surface area contributed by atoms with Crippen LogP contribution >= 0.6 is 24.0 Å². The fourth-order valence-corrected chi connectivity index (χ4v) is 3.37. The molecule has 2 atom stereocenters. The lowest BCUT2D eigenvalue weighted by Crippen LogP contribution is -2.41. The predicted octanol–water partition coefficient (Wildman–Crippen LogP) is 3.93. The van der Waals surface area contributed by atoms with Crippen molar-refractivity contribution in [1.29, 1.82) is 0 Å². The minimum absolute atomic E-state index is 0. The van der Waals surface area contributed by atoms with Crippen molar-refractivity contribution in [3.8, 4) is 11.5 Å². The molecule has 1 N–H and O–H groups in total. The molecule has 2 unspecified atom stereocenters. The number of benzene rings is 2. The van der Waals surface area contributed by atoms with Gasteiger partial charge < -0.3 is 19.7 Å². The first kappa shape index (κ1) is 22.3. The number of halogens is 1. The number of aliphatic imine (C=N–C) groups is 1. The molecule has 0 bridgehead atoms. The molecule has 0 amide bonds. The highest BCUT2D eigenvalue weighted by Gasteiger charge is 2.39. The summed E-state index contributed by atoms with van der Waals surface area (Å²) in [6.45, 7) is 0.873. The molecule has 1 fully saturated rings. The quantitative estimate of drug-likeness (QED) is 0.360. The van der Waals surface area contributed by atoms with Gasteiger partial charge in [0.1, 0.15) is 0 Å². The number of methoxy groups -OCH3 is 2. The second-order valence-electron chi connectivity index (χ2n) is 6.91. The van der Waals surface area contributed by atoms with E-state index in [4.69, 9.17) is 9.47 Å². The van der Waals surface area contributed by atoms with Gasteiger partial charge in [0, 0.05) is 32.6 Å². The molecule has 0 aromatic heterocycles. The Balaban J connectivity index is 0.00000280. The third-order valence-corrected chi connectivity index (χ3v) is 5.09. The van der Waals surface area contributed by atoms with Crippen LogP contribution in [0.4, 0.5) is 0 Å². The van der Waals surface area contributed by atoms with Gasteiger partial charge in [0.25, 0.3) is 0 Å². The topological polar surface area (TPSA) is 46.1 Å². The fourth-order valence-electron chi connectivity index (χ4n) is 3.37. The van der Waals surface area contributed by atoms with Crippen molar-refractivity contribution >= 4 is 29.9 Å². The lowest BCUT2D eigenvalue weighted by atomic mass is 10.1. The lowest BCUT2D eigenvalue weighted by Gasteiger charge is -2.22. The van der Waals surface area contributed by atoms with Crippen LogP contribution in [-0.4, -0.2) is 51.8 Å². The first-order valence-corrected chi connectivity index (χ1v) is 9.36. The SMILES string of the molecule is CN=C(NC1CC1c1ccccc1)N(C)CCc1ccc(OC)c(OC)c1.I. The summed E-state index contributed by atoms with van der Waals surface area (Å²) < 4.78 is 10.7. The van der Waals surface area contributed by atoms with E-state index in [2.05, 4.69) is 58.7 Å². The second-order valence-corrected chi connectivity index (χ2v) is 6.91. The van der Waals surface area contributed by atoms with Crippen molar-refractivity contribution in [2.75, 3.05) is 34.9 Å². The van der Waals surface area contributed by atoms with Crippen LogP contribution < -0.4 is 14.8 Å². The normalized spacial score (nSPS) is 18.1. The largest absolute Gasteiger partial charge is 0.493 e. The third-order valence-electron chi connectivity index (χ3n) is 5.09. The zero-order chi connectivity index (χ0) is 19.2. The highest BCUT2D eigenvalue weighted by Crippen LogP contribution is 2.40. The standard InChI is InChI=1S/C22H29N3O2.HI/c1-23-22(24-19-15-18(19)17-8-6-5-7-9-17)25(2)13-12-16-10-11-20(26-3)21(14-16)27-4;/h5-11,14,18-19H,12-13,15H2,1-4H3,(H,23,24);1H. The number of guanidine groups is 1. The van der Waals surface area contributed by atoms with Gasteiger partial charge >= 0.3 is 0 Å². The summed E-state index contributed by atoms with van der Waals surface area (Å²) in [5.74, 6) is 3.05.